The second kappa shape index (κ2) is 8.76. The van der Waals surface area contributed by atoms with Gasteiger partial charge in [0.2, 0.25) is 0 Å². The molecule has 5 rings (SSSR count). The van der Waals surface area contributed by atoms with Crippen molar-refractivity contribution in [2.75, 3.05) is 51.3 Å². The lowest BCUT2D eigenvalue weighted by atomic mass is 10.1. The highest BCUT2D eigenvalue weighted by molar-refractivity contribution is 5.95. The fourth-order valence-electron chi connectivity index (χ4n) is 4.26. The minimum absolute atomic E-state index is 0.198. The number of nitrogens with two attached hydrogens (primary N) is 1. The van der Waals surface area contributed by atoms with Crippen LogP contribution in [-0.2, 0) is 4.74 Å². The van der Waals surface area contributed by atoms with E-state index in [9.17, 15) is 4.79 Å². The smallest absolute Gasteiger partial charge is 0.267 e. The van der Waals surface area contributed by atoms with Gasteiger partial charge in [-0.1, -0.05) is 0 Å². The number of pyridine rings is 2. The van der Waals surface area contributed by atoms with Crippen molar-refractivity contribution in [2.24, 2.45) is 5.73 Å². The monoisotopic (exact) mass is 433 g/mol. The van der Waals surface area contributed by atoms with Crippen molar-refractivity contribution in [1.29, 1.82) is 0 Å². The van der Waals surface area contributed by atoms with Gasteiger partial charge in [0.1, 0.15) is 11.5 Å². The van der Waals surface area contributed by atoms with Crippen LogP contribution in [0.3, 0.4) is 0 Å². The maximum Gasteiger partial charge on any atom is 0.267 e. The van der Waals surface area contributed by atoms with Gasteiger partial charge in [0, 0.05) is 63.2 Å². The van der Waals surface area contributed by atoms with E-state index >= 15 is 0 Å². The lowest BCUT2D eigenvalue weighted by molar-refractivity contribution is 0.0995. The van der Waals surface area contributed by atoms with E-state index in [0.717, 1.165) is 56.1 Å². The first-order valence-corrected chi connectivity index (χ1v) is 11.0. The highest BCUT2D eigenvalue weighted by Gasteiger charge is 2.30. The fraction of sp³-hybridized carbons (Fsp3) is 0.435. The molecule has 3 aromatic heterocycles. The molecule has 1 amide bonds. The summed E-state index contributed by atoms with van der Waals surface area (Å²) < 4.78 is 5.23. The number of piperazine rings is 1. The van der Waals surface area contributed by atoms with Gasteiger partial charge >= 0.3 is 0 Å². The lowest BCUT2D eigenvalue weighted by Crippen LogP contribution is -2.47. The van der Waals surface area contributed by atoms with E-state index in [1.165, 1.54) is 18.4 Å². The number of carbonyl (C=O) groups is 1. The molecule has 0 aromatic carbocycles. The van der Waals surface area contributed by atoms with E-state index in [1.54, 1.807) is 31.6 Å². The van der Waals surface area contributed by atoms with Gasteiger partial charge in [0.25, 0.3) is 5.91 Å². The first kappa shape index (κ1) is 20.7. The summed E-state index contributed by atoms with van der Waals surface area (Å²) in [6, 6.07) is 3.45. The van der Waals surface area contributed by atoms with Crippen LogP contribution in [0, 0.1) is 0 Å². The van der Waals surface area contributed by atoms with Gasteiger partial charge in [-0.25, -0.2) is 9.97 Å². The van der Waals surface area contributed by atoms with Gasteiger partial charge in [-0.3, -0.25) is 19.7 Å². The summed E-state index contributed by atoms with van der Waals surface area (Å²) in [4.78, 5) is 34.7. The van der Waals surface area contributed by atoms with E-state index in [4.69, 9.17) is 20.4 Å². The summed E-state index contributed by atoms with van der Waals surface area (Å²) in [6.07, 6.45) is 7.70. The van der Waals surface area contributed by atoms with E-state index in [2.05, 4.69) is 19.8 Å². The fourth-order valence-corrected chi connectivity index (χ4v) is 4.26. The molecule has 3 aromatic rings. The molecule has 2 aliphatic rings. The Morgan fingerprint density at radius 2 is 2.00 bits per heavy atom. The van der Waals surface area contributed by atoms with Crippen molar-refractivity contribution in [2.45, 2.75) is 18.8 Å². The molecule has 0 bridgehead atoms. The van der Waals surface area contributed by atoms with Crippen molar-refractivity contribution >= 4 is 22.6 Å². The number of hydrogen-bond donors (Lipinski definition) is 1. The van der Waals surface area contributed by atoms with Crippen LogP contribution in [0.5, 0.6) is 0 Å². The van der Waals surface area contributed by atoms with Crippen molar-refractivity contribution in [3.05, 3.63) is 42.0 Å². The molecule has 1 saturated heterocycles. The summed E-state index contributed by atoms with van der Waals surface area (Å²) in [5.74, 6) is 1.45. The predicted octanol–water partition coefficient (Wildman–Crippen LogP) is 1.83. The Hall–Kier alpha value is -3.17. The number of rotatable bonds is 7. The summed E-state index contributed by atoms with van der Waals surface area (Å²) in [5, 5.41) is 1.10. The number of fused-ring (bicyclic) bond motifs is 1. The quantitative estimate of drug-likeness (QED) is 0.601. The molecule has 0 spiro atoms. The van der Waals surface area contributed by atoms with Gasteiger partial charge in [0.05, 0.1) is 18.3 Å². The SMILES string of the molecule is COCCN1CCN(c2nc(-c3ccnc(C(N)=O)c3)nc3cncc(C4CC4)c23)CC1. The number of ether oxygens (including phenoxy) is 1. The standard InChI is InChI=1S/C23H27N7O2/c1-32-11-10-29-6-8-30(9-7-29)23-20-17(15-2-3-15)13-25-14-19(20)27-22(28-23)16-4-5-26-18(12-16)21(24)31/h4-5,12-15H,2-3,6-11H2,1H3,(H2,24,31). The van der Waals surface area contributed by atoms with Crippen molar-refractivity contribution in [3.8, 4) is 11.4 Å². The van der Waals surface area contributed by atoms with Crippen LogP contribution in [-0.4, -0.2) is 77.2 Å². The number of aromatic nitrogens is 4. The first-order valence-electron chi connectivity index (χ1n) is 11.0. The second-order valence-electron chi connectivity index (χ2n) is 8.38. The Bertz CT molecular complexity index is 1140. The number of primary amides is 1. The Balaban J connectivity index is 1.57. The molecule has 2 fully saturated rings. The predicted molar refractivity (Wildman–Crippen MR) is 122 cm³/mol. The molecule has 1 aliphatic carbocycles. The Morgan fingerprint density at radius 3 is 2.72 bits per heavy atom. The maximum atomic E-state index is 11.6. The molecule has 0 atom stereocenters. The average molecular weight is 434 g/mol. The third kappa shape index (κ3) is 4.13. The average Bonchev–Trinajstić information content (AvgIpc) is 3.67. The summed E-state index contributed by atoms with van der Waals surface area (Å²) >= 11 is 0. The molecule has 0 radical (unpaired) electrons. The number of nitrogens with zero attached hydrogens (tertiary/aromatic N) is 6. The topological polar surface area (TPSA) is 110 Å². The minimum Gasteiger partial charge on any atom is -0.383 e. The van der Waals surface area contributed by atoms with Gasteiger partial charge in [-0.05, 0) is 36.5 Å². The number of methoxy groups -OCH3 is 1. The normalized spacial score (nSPS) is 17.1. The first-order chi connectivity index (χ1) is 15.6. The van der Waals surface area contributed by atoms with Crippen LogP contribution >= 0.6 is 0 Å². The molecular weight excluding hydrogens is 406 g/mol. The molecule has 0 unspecified atom stereocenters. The molecule has 1 aliphatic heterocycles. The van der Waals surface area contributed by atoms with Crippen LogP contribution in [0.25, 0.3) is 22.3 Å². The molecule has 166 valence electrons. The van der Waals surface area contributed by atoms with Crippen LogP contribution in [0.1, 0.15) is 34.8 Å². The van der Waals surface area contributed by atoms with E-state index < -0.39 is 5.91 Å². The summed E-state index contributed by atoms with van der Waals surface area (Å²) in [7, 11) is 1.74. The molecule has 4 heterocycles. The number of amides is 1. The second-order valence-corrected chi connectivity index (χ2v) is 8.38. The minimum atomic E-state index is -0.572. The van der Waals surface area contributed by atoms with E-state index in [1.807, 2.05) is 6.20 Å². The van der Waals surface area contributed by atoms with Gasteiger partial charge in [-0.2, -0.15) is 0 Å². The van der Waals surface area contributed by atoms with Crippen LogP contribution in [0.15, 0.2) is 30.7 Å². The molecule has 2 N–H and O–H groups in total. The van der Waals surface area contributed by atoms with E-state index in [0.29, 0.717) is 17.3 Å². The van der Waals surface area contributed by atoms with Gasteiger partial charge in [0.15, 0.2) is 5.82 Å². The lowest BCUT2D eigenvalue weighted by Gasteiger charge is -2.36. The Labute approximate surface area is 186 Å². The highest BCUT2D eigenvalue weighted by Crippen LogP contribution is 2.44. The van der Waals surface area contributed by atoms with Crippen LogP contribution < -0.4 is 10.6 Å². The zero-order valence-corrected chi connectivity index (χ0v) is 18.2. The van der Waals surface area contributed by atoms with Gasteiger partial charge < -0.3 is 15.4 Å². The molecule has 1 saturated carbocycles. The van der Waals surface area contributed by atoms with Crippen LogP contribution in [0.2, 0.25) is 0 Å². The molecular formula is C23H27N7O2. The third-order valence-corrected chi connectivity index (χ3v) is 6.19. The van der Waals surface area contributed by atoms with Crippen molar-refractivity contribution in [1.82, 2.24) is 24.8 Å². The Morgan fingerprint density at radius 1 is 1.19 bits per heavy atom. The van der Waals surface area contributed by atoms with Crippen molar-refractivity contribution in [3.63, 3.8) is 0 Å². The van der Waals surface area contributed by atoms with E-state index in [-0.39, 0.29) is 5.69 Å². The molecule has 9 nitrogen and oxygen atoms in total. The van der Waals surface area contributed by atoms with Crippen LogP contribution in [0.4, 0.5) is 5.82 Å². The summed E-state index contributed by atoms with van der Waals surface area (Å²) in [6.45, 7) is 5.34. The number of carbonyl (C=O) groups excluding carboxylic acids is 1. The maximum absolute atomic E-state index is 11.6. The highest BCUT2D eigenvalue weighted by atomic mass is 16.5. The van der Waals surface area contributed by atoms with Crippen molar-refractivity contribution < 1.29 is 9.53 Å². The molecule has 9 heteroatoms. The zero-order chi connectivity index (χ0) is 22.1. The van der Waals surface area contributed by atoms with Gasteiger partial charge in [-0.15, -0.1) is 0 Å². The number of anilines is 1. The Kier molecular flexibility index (Phi) is 5.67. The molecule has 32 heavy (non-hydrogen) atoms. The number of hydrogen-bond acceptors (Lipinski definition) is 8. The zero-order valence-electron chi connectivity index (χ0n) is 18.2. The largest absolute Gasteiger partial charge is 0.383 e. The third-order valence-electron chi connectivity index (χ3n) is 6.19. The summed E-state index contributed by atoms with van der Waals surface area (Å²) in [5.41, 5.74) is 8.41.